The monoisotopic (exact) mass is 241 g/mol. The van der Waals surface area contributed by atoms with E-state index in [0.717, 1.165) is 13.1 Å². The van der Waals surface area contributed by atoms with Gasteiger partial charge in [0.1, 0.15) is 6.04 Å². The van der Waals surface area contributed by atoms with Gasteiger partial charge >= 0.3 is 5.97 Å². The Morgan fingerprint density at radius 2 is 1.94 bits per heavy atom. The molecule has 3 N–H and O–H groups in total. The lowest BCUT2D eigenvalue weighted by Crippen LogP contribution is -2.44. The Morgan fingerprint density at radius 1 is 1.29 bits per heavy atom. The van der Waals surface area contributed by atoms with Crippen LogP contribution in [0.5, 0.6) is 0 Å². The van der Waals surface area contributed by atoms with Gasteiger partial charge in [-0.15, -0.1) is 0 Å². The van der Waals surface area contributed by atoms with Crippen LogP contribution >= 0.6 is 0 Å². The highest BCUT2D eigenvalue weighted by Crippen LogP contribution is 2.25. The summed E-state index contributed by atoms with van der Waals surface area (Å²) in [5.41, 5.74) is 5.32. The SMILES string of the molecule is NCC(=O)N1C[C@H](N2CCCC2)C[C@H]1C(=O)O. The van der Waals surface area contributed by atoms with E-state index in [9.17, 15) is 9.59 Å². The van der Waals surface area contributed by atoms with E-state index in [0.29, 0.717) is 13.0 Å². The predicted molar refractivity (Wildman–Crippen MR) is 61.4 cm³/mol. The highest BCUT2D eigenvalue weighted by atomic mass is 16.4. The van der Waals surface area contributed by atoms with Crippen LogP contribution in [0, 0.1) is 0 Å². The summed E-state index contributed by atoms with van der Waals surface area (Å²) < 4.78 is 0. The van der Waals surface area contributed by atoms with Crippen molar-refractivity contribution in [3.8, 4) is 0 Å². The lowest BCUT2D eigenvalue weighted by Gasteiger charge is -2.23. The van der Waals surface area contributed by atoms with E-state index in [1.807, 2.05) is 0 Å². The predicted octanol–water partition coefficient (Wildman–Crippen LogP) is -0.905. The zero-order valence-electron chi connectivity index (χ0n) is 9.84. The first-order valence-electron chi connectivity index (χ1n) is 6.10. The summed E-state index contributed by atoms with van der Waals surface area (Å²) in [4.78, 5) is 26.5. The molecule has 0 aromatic carbocycles. The number of carbonyl (C=O) groups excluding carboxylic acids is 1. The van der Waals surface area contributed by atoms with Gasteiger partial charge in [-0.25, -0.2) is 4.79 Å². The number of hydrogen-bond acceptors (Lipinski definition) is 4. The molecule has 0 unspecified atom stereocenters. The largest absolute Gasteiger partial charge is 0.480 e. The number of amides is 1. The fourth-order valence-electron chi connectivity index (χ4n) is 2.81. The van der Waals surface area contributed by atoms with E-state index in [1.54, 1.807) is 0 Å². The third-order valence-electron chi connectivity index (χ3n) is 3.72. The van der Waals surface area contributed by atoms with E-state index in [1.165, 1.54) is 17.7 Å². The minimum absolute atomic E-state index is 0.115. The van der Waals surface area contributed by atoms with Crippen molar-refractivity contribution in [2.45, 2.75) is 31.3 Å². The molecular formula is C11H19N3O3. The summed E-state index contributed by atoms with van der Waals surface area (Å²) in [6.07, 6.45) is 2.86. The van der Waals surface area contributed by atoms with Crippen molar-refractivity contribution in [3.05, 3.63) is 0 Å². The smallest absolute Gasteiger partial charge is 0.326 e. The molecule has 0 saturated carbocycles. The summed E-state index contributed by atoms with van der Waals surface area (Å²) >= 11 is 0. The van der Waals surface area contributed by atoms with Crippen LogP contribution in [-0.2, 0) is 9.59 Å². The van der Waals surface area contributed by atoms with Crippen molar-refractivity contribution in [2.75, 3.05) is 26.2 Å². The van der Waals surface area contributed by atoms with Gasteiger partial charge in [0.2, 0.25) is 5.91 Å². The van der Waals surface area contributed by atoms with E-state index in [4.69, 9.17) is 10.8 Å². The minimum atomic E-state index is -0.923. The number of nitrogens with zero attached hydrogens (tertiary/aromatic N) is 2. The second-order valence-corrected chi connectivity index (χ2v) is 4.74. The van der Waals surface area contributed by atoms with Crippen molar-refractivity contribution in [1.82, 2.24) is 9.80 Å². The summed E-state index contributed by atoms with van der Waals surface area (Å²) in [7, 11) is 0. The Morgan fingerprint density at radius 3 is 2.47 bits per heavy atom. The van der Waals surface area contributed by atoms with Gasteiger partial charge in [-0.1, -0.05) is 0 Å². The number of aliphatic carboxylic acids is 1. The van der Waals surface area contributed by atoms with Crippen LogP contribution in [-0.4, -0.2) is 65.0 Å². The lowest BCUT2D eigenvalue weighted by atomic mass is 10.1. The molecule has 2 fully saturated rings. The van der Waals surface area contributed by atoms with Gasteiger partial charge in [-0.05, 0) is 32.4 Å². The van der Waals surface area contributed by atoms with Gasteiger partial charge < -0.3 is 15.7 Å². The van der Waals surface area contributed by atoms with Crippen LogP contribution in [0.4, 0.5) is 0 Å². The van der Waals surface area contributed by atoms with Crippen molar-refractivity contribution >= 4 is 11.9 Å². The number of nitrogens with two attached hydrogens (primary N) is 1. The van der Waals surface area contributed by atoms with Gasteiger partial charge in [0.15, 0.2) is 0 Å². The molecule has 0 radical (unpaired) electrons. The summed E-state index contributed by atoms with van der Waals surface area (Å²) in [5.74, 6) is -1.19. The van der Waals surface area contributed by atoms with Crippen LogP contribution in [0.2, 0.25) is 0 Å². The standard InChI is InChI=1S/C11H19N3O3/c12-6-10(15)14-7-8(5-9(14)11(16)17)13-3-1-2-4-13/h8-9H,1-7,12H2,(H,16,17)/t8-,9+/m1/s1. The van der Waals surface area contributed by atoms with Crippen LogP contribution in [0.3, 0.4) is 0 Å². The summed E-state index contributed by atoms with van der Waals surface area (Å²) in [6, 6.07) is -0.509. The maximum Gasteiger partial charge on any atom is 0.326 e. The highest BCUT2D eigenvalue weighted by molar-refractivity contribution is 5.85. The highest BCUT2D eigenvalue weighted by Gasteiger charge is 2.41. The number of likely N-dealkylation sites (tertiary alicyclic amines) is 2. The Labute approximate surface area is 100 Å². The van der Waals surface area contributed by atoms with Crippen molar-refractivity contribution < 1.29 is 14.7 Å². The molecule has 6 heteroatoms. The average Bonchev–Trinajstić information content (AvgIpc) is 2.95. The zero-order chi connectivity index (χ0) is 12.4. The first kappa shape index (κ1) is 12.3. The van der Waals surface area contributed by atoms with Crippen molar-refractivity contribution in [3.63, 3.8) is 0 Å². The maximum absolute atomic E-state index is 11.6. The molecular weight excluding hydrogens is 222 g/mol. The second kappa shape index (κ2) is 5.01. The molecule has 6 nitrogen and oxygen atoms in total. The summed E-state index contributed by atoms with van der Waals surface area (Å²) in [6.45, 7) is 2.42. The fraction of sp³-hybridized carbons (Fsp3) is 0.818. The van der Waals surface area contributed by atoms with Crippen molar-refractivity contribution in [1.29, 1.82) is 0 Å². The van der Waals surface area contributed by atoms with Crippen LogP contribution in [0.25, 0.3) is 0 Å². The number of hydrogen-bond donors (Lipinski definition) is 2. The van der Waals surface area contributed by atoms with E-state index in [2.05, 4.69) is 4.90 Å². The molecule has 2 rings (SSSR count). The van der Waals surface area contributed by atoms with Gasteiger partial charge in [0.25, 0.3) is 0 Å². The molecule has 2 aliphatic heterocycles. The number of carboxylic acids is 1. The fourth-order valence-corrected chi connectivity index (χ4v) is 2.81. The normalized spacial score (nSPS) is 29.8. The molecule has 0 aromatic heterocycles. The van der Waals surface area contributed by atoms with E-state index in [-0.39, 0.29) is 18.5 Å². The topological polar surface area (TPSA) is 86.9 Å². The molecule has 1 amide bonds. The first-order valence-corrected chi connectivity index (χ1v) is 6.10. The molecule has 2 atom stereocenters. The zero-order valence-corrected chi connectivity index (χ0v) is 9.84. The number of rotatable bonds is 3. The summed E-state index contributed by atoms with van der Waals surface area (Å²) in [5, 5.41) is 9.14. The average molecular weight is 241 g/mol. The molecule has 2 saturated heterocycles. The van der Waals surface area contributed by atoms with Crippen LogP contribution in [0.1, 0.15) is 19.3 Å². The van der Waals surface area contributed by atoms with Crippen LogP contribution in [0.15, 0.2) is 0 Å². The van der Waals surface area contributed by atoms with Crippen molar-refractivity contribution in [2.24, 2.45) is 5.73 Å². The lowest BCUT2D eigenvalue weighted by molar-refractivity contribution is -0.147. The molecule has 0 aliphatic carbocycles. The maximum atomic E-state index is 11.6. The molecule has 0 aromatic rings. The molecule has 17 heavy (non-hydrogen) atoms. The quantitative estimate of drug-likeness (QED) is 0.668. The van der Waals surface area contributed by atoms with Gasteiger partial charge in [-0.2, -0.15) is 0 Å². The van der Waals surface area contributed by atoms with E-state index >= 15 is 0 Å². The number of carboxylic acid groups (broad SMARTS) is 1. The third-order valence-corrected chi connectivity index (χ3v) is 3.72. The van der Waals surface area contributed by atoms with Gasteiger partial charge in [0, 0.05) is 12.6 Å². The Balaban J connectivity index is 2.05. The molecule has 0 spiro atoms. The van der Waals surface area contributed by atoms with Gasteiger partial charge in [-0.3, -0.25) is 9.69 Å². The second-order valence-electron chi connectivity index (χ2n) is 4.74. The third kappa shape index (κ3) is 2.42. The first-order chi connectivity index (χ1) is 8.13. The van der Waals surface area contributed by atoms with E-state index < -0.39 is 12.0 Å². The Bertz CT molecular complexity index is 315. The van der Waals surface area contributed by atoms with Gasteiger partial charge in [0.05, 0.1) is 6.54 Å². The van der Waals surface area contributed by atoms with Crippen LogP contribution < -0.4 is 5.73 Å². The molecule has 0 bridgehead atoms. The molecule has 96 valence electrons. The minimum Gasteiger partial charge on any atom is -0.480 e. The molecule has 2 heterocycles. The molecule has 2 aliphatic rings. The number of carbonyl (C=O) groups is 2. The Hall–Kier alpha value is -1.14. The Kier molecular flexibility index (Phi) is 3.63.